The van der Waals surface area contributed by atoms with Crippen LogP contribution in [0.3, 0.4) is 0 Å². The first-order valence-corrected chi connectivity index (χ1v) is 7.24. The van der Waals surface area contributed by atoms with Crippen LogP contribution in [0.4, 0.5) is 0 Å². The molecule has 0 bridgehead atoms. The third-order valence-corrected chi connectivity index (χ3v) is 4.07. The van der Waals surface area contributed by atoms with Gasteiger partial charge in [-0.3, -0.25) is 0 Å². The lowest BCUT2D eigenvalue weighted by molar-refractivity contribution is 0.463. The minimum absolute atomic E-state index is 0.0180. The number of hydrogen-bond donors (Lipinski definition) is 2. The monoisotopic (exact) mass is 294 g/mol. The molecule has 0 saturated heterocycles. The average Bonchev–Trinajstić information content (AvgIpc) is 2.37. The minimum atomic E-state index is -3.97. The van der Waals surface area contributed by atoms with E-state index in [0.717, 1.165) is 0 Å². The highest BCUT2D eigenvalue weighted by atomic mass is 32.2. The van der Waals surface area contributed by atoms with E-state index in [2.05, 4.69) is 0 Å². The molecule has 0 aliphatic heterocycles. The molecule has 5 nitrogen and oxygen atoms in total. The standard InChI is InChI=1S/C14H14O5S/c1-9-7-11(3-5-13(9)15)19-20(17,18)12-4-6-14(16)10(2)8-12/h3-8,15-16H,1-2H3. The number of hydrogen-bond acceptors (Lipinski definition) is 5. The number of aromatic hydroxyl groups is 2. The van der Waals surface area contributed by atoms with Crippen molar-refractivity contribution in [2.75, 3.05) is 0 Å². The molecule has 0 atom stereocenters. The molecular weight excluding hydrogens is 280 g/mol. The molecule has 0 saturated carbocycles. The molecule has 0 amide bonds. The summed E-state index contributed by atoms with van der Waals surface area (Å²) in [5, 5.41) is 18.8. The number of phenolic OH excluding ortho intramolecular Hbond substituents is 2. The number of benzene rings is 2. The van der Waals surface area contributed by atoms with Crippen molar-refractivity contribution in [1.82, 2.24) is 0 Å². The topological polar surface area (TPSA) is 83.8 Å². The molecule has 0 unspecified atom stereocenters. The molecule has 6 heteroatoms. The first kappa shape index (κ1) is 14.2. The third kappa shape index (κ3) is 2.85. The molecular formula is C14H14O5S. The minimum Gasteiger partial charge on any atom is -0.508 e. The molecule has 0 aliphatic rings. The van der Waals surface area contributed by atoms with Crippen LogP contribution in [0.25, 0.3) is 0 Å². The molecule has 106 valence electrons. The molecule has 2 rings (SSSR count). The summed E-state index contributed by atoms with van der Waals surface area (Å²) in [6.07, 6.45) is 0. The highest BCUT2D eigenvalue weighted by Crippen LogP contribution is 2.26. The Balaban J connectivity index is 2.35. The number of phenols is 2. The van der Waals surface area contributed by atoms with E-state index in [1.54, 1.807) is 13.8 Å². The van der Waals surface area contributed by atoms with Gasteiger partial charge >= 0.3 is 10.1 Å². The maximum Gasteiger partial charge on any atom is 0.339 e. The first-order valence-electron chi connectivity index (χ1n) is 5.83. The Bertz CT molecular complexity index is 750. The van der Waals surface area contributed by atoms with Gasteiger partial charge in [-0.25, -0.2) is 0 Å². The lowest BCUT2D eigenvalue weighted by atomic mass is 10.2. The molecule has 0 heterocycles. The van der Waals surface area contributed by atoms with Crippen LogP contribution in [0.1, 0.15) is 11.1 Å². The second-order valence-electron chi connectivity index (χ2n) is 4.43. The fourth-order valence-corrected chi connectivity index (χ4v) is 2.65. The van der Waals surface area contributed by atoms with Crippen LogP contribution in [0.15, 0.2) is 41.3 Å². The molecule has 0 fully saturated rings. The van der Waals surface area contributed by atoms with Crippen molar-refractivity contribution >= 4 is 10.1 Å². The highest BCUT2D eigenvalue weighted by Gasteiger charge is 2.18. The van der Waals surface area contributed by atoms with Crippen molar-refractivity contribution in [3.05, 3.63) is 47.5 Å². The maximum absolute atomic E-state index is 12.1. The third-order valence-electron chi connectivity index (χ3n) is 2.83. The van der Waals surface area contributed by atoms with E-state index in [-0.39, 0.29) is 22.1 Å². The Morgan fingerprint density at radius 3 is 2.00 bits per heavy atom. The van der Waals surface area contributed by atoms with Gasteiger partial charge in [0, 0.05) is 0 Å². The Kier molecular flexibility index (Phi) is 3.59. The molecule has 0 aromatic heterocycles. The van der Waals surface area contributed by atoms with Crippen molar-refractivity contribution in [2.45, 2.75) is 18.7 Å². The van der Waals surface area contributed by atoms with Gasteiger partial charge in [-0.2, -0.15) is 8.42 Å². The first-order chi connectivity index (χ1) is 9.29. The van der Waals surface area contributed by atoms with Crippen molar-refractivity contribution in [2.24, 2.45) is 0 Å². The van der Waals surface area contributed by atoms with E-state index in [9.17, 15) is 18.6 Å². The number of aryl methyl sites for hydroxylation is 2. The van der Waals surface area contributed by atoms with Crippen molar-refractivity contribution in [1.29, 1.82) is 0 Å². The van der Waals surface area contributed by atoms with E-state index in [0.29, 0.717) is 11.1 Å². The van der Waals surface area contributed by atoms with Gasteiger partial charge in [0.25, 0.3) is 0 Å². The van der Waals surface area contributed by atoms with Gasteiger partial charge in [0.15, 0.2) is 0 Å². The second kappa shape index (κ2) is 5.05. The largest absolute Gasteiger partial charge is 0.508 e. The van der Waals surface area contributed by atoms with Crippen molar-refractivity contribution in [3.63, 3.8) is 0 Å². The molecule has 2 aromatic rings. The molecule has 0 spiro atoms. The normalized spacial score (nSPS) is 11.3. The summed E-state index contributed by atoms with van der Waals surface area (Å²) in [6.45, 7) is 3.23. The SMILES string of the molecule is Cc1cc(OS(=O)(=O)c2ccc(O)c(C)c2)ccc1O. The van der Waals surface area contributed by atoms with Crippen LogP contribution in [-0.2, 0) is 10.1 Å². The van der Waals surface area contributed by atoms with Gasteiger partial charge in [0.1, 0.15) is 22.1 Å². The van der Waals surface area contributed by atoms with Gasteiger partial charge in [0.05, 0.1) is 0 Å². The van der Waals surface area contributed by atoms with Crippen molar-refractivity contribution < 1.29 is 22.8 Å². The molecule has 0 radical (unpaired) electrons. The highest BCUT2D eigenvalue weighted by molar-refractivity contribution is 7.87. The summed E-state index contributed by atoms with van der Waals surface area (Å²) in [5.74, 6) is 0.200. The summed E-state index contributed by atoms with van der Waals surface area (Å²) < 4.78 is 29.2. The van der Waals surface area contributed by atoms with Gasteiger partial charge in [-0.1, -0.05) is 0 Å². The molecule has 0 aliphatic carbocycles. The zero-order valence-electron chi connectivity index (χ0n) is 11.0. The fraction of sp³-hybridized carbons (Fsp3) is 0.143. The van der Waals surface area contributed by atoms with Crippen LogP contribution in [0.5, 0.6) is 17.2 Å². The van der Waals surface area contributed by atoms with Crippen LogP contribution >= 0.6 is 0 Å². The summed E-state index contributed by atoms with van der Waals surface area (Å²) in [6, 6.07) is 8.06. The van der Waals surface area contributed by atoms with Crippen LogP contribution in [0.2, 0.25) is 0 Å². The molecule has 20 heavy (non-hydrogen) atoms. The van der Waals surface area contributed by atoms with E-state index < -0.39 is 10.1 Å². The van der Waals surface area contributed by atoms with Gasteiger partial charge in [-0.15, -0.1) is 0 Å². The predicted octanol–water partition coefficient (Wildman–Crippen LogP) is 2.48. The van der Waals surface area contributed by atoms with Crippen LogP contribution < -0.4 is 4.18 Å². The molecule has 2 aromatic carbocycles. The zero-order chi connectivity index (χ0) is 14.9. The Morgan fingerprint density at radius 2 is 1.45 bits per heavy atom. The zero-order valence-corrected chi connectivity index (χ0v) is 11.8. The number of rotatable bonds is 3. The lowest BCUT2D eigenvalue weighted by Gasteiger charge is -2.09. The van der Waals surface area contributed by atoms with E-state index in [1.807, 2.05) is 0 Å². The smallest absolute Gasteiger partial charge is 0.339 e. The van der Waals surface area contributed by atoms with E-state index in [4.69, 9.17) is 4.18 Å². The van der Waals surface area contributed by atoms with Gasteiger partial charge in [0.2, 0.25) is 0 Å². The van der Waals surface area contributed by atoms with Crippen LogP contribution in [-0.4, -0.2) is 18.6 Å². The maximum atomic E-state index is 12.1. The quantitative estimate of drug-likeness (QED) is 0.850. The predicted molar refractivity (Wildman–Crippen MR) is 73.5 cm³/mol. The Labute approximate surface area is 117 Å². The summed E-state index contributed by atoms with van der Waals surface area (Å²) in [5.41, 5.74) is 0.955. The van der Waals surface area contributed by atoms with E-state index >= 15 is 0 Å². The van der Waals surface area contributed by atoms with Gasteiger partial charge in [-0.05, 0) is 61.4 Å². The average molecular weight is 294 g/mol. The second-order valence-corrected chi connectivity index (χ2v) is 5.98. The van der Waals surface area contributed by atoms with Crippen LogP contribution in [0, 0.1) is 13.8 Å². The summed E-state index contributed by atoms with van der Waals surface area (Å²) in [7, 11) is -3.97. The van der Waals surface area contributed by atoms with Gasteiger partial charge < -0.3 is 14.4 Å². The fourth-order valence-electron chi connectivity index (χ4n) is 1.64. The summed E-state index contributed by atoms with van der Waals surface area (Å²) >= 11 is 0. The summed E-state index contributed by atoms with van der Waals surface area (Å²) in [4.78, 5) is -0.0430. The Morgan fingerprint density at radius 1 is 0.900 bits per heavy atom. The van der Waals surface area contributed by atoms with E-state index in [1.165, 1.54) is 36.4 Å². The molecule has 2 N–H and O–H groups in total. The van der Waals surface area contributed by atoms with Crippen molar-refractivity contribution in [3.8, 4) is 17.2 Å². The lowest BCUT2D eigenvalue weighted by Crippen LogP contribution is -2.10. The Hall–Kier alpha value is -2.21.